The summed E-state index contributed by atoms with van der Waals surface area (Å²) in [6.07, 6.45) is 18.5. The van der Waals surface area contributed by atoms with Gasteiger partial charge < -0.3 is 0 Å². The molecular weight excluding hydrogens is 272 g/mol. The minimum absolute atomic E-state index is 0. The maximum absolute atomic E-state index is 2.29. The second-order valence-corrected chi connectivity index (χ2v) is 6.12. The smallest absolute Gasteiger partial charge is 0.0279 e. The third-order valence-electron chi connectivity index (χ3n) is 4.16. The molecule has 0 aliphatic carbocycles. The fourth-order valence-corrected chi connectivity index (χ4v) is 2.81. The number of unbranched alkanes of at least 4 members (excludes halogenated alkanes) is 11. The number of hydrogen-bond donors (Lipinski definition) is 0. The van der Waals surface area contributed by atoms with E-state index in [0.717, 1.165) is 0 Å². The van der Waals surface area contributed by atoms with Gasteiger partial charge in [-0.25, -0.2) is 0 Å². The molecule has 0 saturated carbocycles. The van der Waals surface area contributed by atoms with Gasteiger partial charge in [0.2, 0.25) is 0 Å². The zero-order valence-electron chi connectivity index (χ0n) is 14.1. The van der Waals surface area contributed by atoms with Gasteiger partial charge in [-0.2, -0.15) is 13.5 Å². The van der Waals surface area contributed by atoms with Gasteiger partial charge in [-0.3, -0.25) is 0 Å². The molecule has 0 nitrogen and oxygen atoms in total. The van der Waals surface area contributed by atoms with Crippen LogP contribution in [0, 0.1) is 0 Å². The second-order valence-electron chi connectivity index (χ2n) is 6.12. The molecule has 1 aromatic rings. The van der Waals surface area contributed by atoms with E-state index >= 15 is 0 Å². The van der Waals surface area contributed by atoms with Gasteiger partial charge in [-0.15, -0.1) is 0 Å². The molecule has 0 atom stereocenters. The first-order valence-electron chi connectivity index (χ1n) is 8.97. The Labute approximate surface area is 140 Å². The highest BCUT2D eigenvalue weighted by Crippen LogP contribution is 2.13. The highest BCUT2D eigenvalue weighted by molar-refractivity contribution is 7.59. The summed E-state index contributed by atoms with van der Waals surface area (Å²) in [7, 11) is 0. The summed E-state index contributed by atoms with van der Waals surface area (Å²) >= 11 is 0. The lowest BCUT2D eigenvalue weighted by molar-refractivity contribution is 0.544. The van der Waals surface area contributed by atoms with Gasteiger partial charge in [0.25, 0.3) is 0 Å². The van der Waals surface area contributed by atoms with Gasteiger partial charge >= 0.3 is 0 Å². The number of rotatable bonds is 13. The summed E-state index contributed by atoms with van der Waals surface area (Å²) in [5, 5.41) is 0. The molecule has 21 heavy (non-hydrogen) atoms. The maximum atomic E-state index is 2.29. The van der Waals surface area contributed by atoms with Crippen LogP contribution in [-0.2, 0) is 6.42 Å². The molecule has 1 aromatic carbocycles. The van der Waals surface area contributed by atoms with E-state index in [2.05, 4.69) is 37.3 Å². The predicted octanol–water partition coefficient (Wildman–Crippen LogP) is 7.04. The van der Waals surface area contributed by atoms with Crippen molar-refractivity contribution in [2.75, 3.05) is 0 Å². The lowest BCUT2D eigenvalue weighted by atomic mass is 10.0. The van der Waals surface area contributed by atoms with E-state index in [4.69, 9.17) is 0 Å². The number of benzene rings is 1. The molecule has 1 heteroatoms. The normalized spacial score (nSPS) is 10.3. The molecule has 0 aromatic heterocycles. The average molecular weight is 309 g/mol. The van der Waals surface area contributed by atoms with E-state index in [9.17, 15) is 0 Å². The van der Waals surface area contributed by atoms with Crippen molar-refractivity contribution in [2.45, 2.75) is 90.4 Å². The van der Waals surface area contributed by atoms with Gasteiger partial charge in [0, 0.05) is 0 Å². The third kappa shape index (κ3) is 13.0. The highest BCUT2D eigenvalue weighted by Gasteiger charge is 1.94. The summed E-state index contributed by atoms with van der Waals surface area (Å²) in [4.78, 5) is 0. The Morgan fingerprint density at radius 1 is 0.571 bits per heavy atom. The number of aryl methyl sites for hydroxylation is 1. The molecule has 0 aliphatic rings. The molecule has 0 radical (unpaired) electrons. The van der Waals surface area contributed by atoms with E-state index in [1.165, 1.54) is 89.0 Å². The molecule has 0 heterocycles. The second kappa shape index (κ2) is 15.9. The van der Waals surface area contributed by atoms with Crippen molar-refractivity contribution >= 4 is 13.5 Å². The molecule has 1 rings (SSSR count). The van der Waals surface area contributed by atoms with Crippen molar-refractivity contribution in [1.29, 1.82) is 0 Å². The Morgan fingerprint density at radius 2 is 1.00 bits per heavy atom. The van der Waals surface area contributed by atoms with E-state index in [1.54, 1.807) is 0 Å². The Balaban J connectivity index is 0.00000400. The standard InChI is InChI=1S/C20H34.H2S/c1-2-3-4-5-6-7-8-9-10-11-12-14-17-20-18-15-13-16-19-20;/h13,15-16,18-19H,2-12,14,17H2,1H3;1H2. The van der Waals surface area contributed by atoms with Crippen molar-refractivity contribution in [2.24, 2.45) is 0 Å². The molecule has 0 saturated heterocycles. The van der Waals surface area contributed by atoms with Crippen LogP contribution in [0.3, 0.4) is 0 Å². The van der Waals surface area contributed by atoms with Crippen LogP contribution in [0.5, 0.6) is 0 Å². The van der Waals surface area contributed by atoms with E-state index in [-0.39, 0.29) is 13.5 Å². The summed E-state index contributed by atoms with van der Waals surface area (Å²) in [5.41, 5.74) is 1.50. The van der Waals surface area contributed by atoms with Crippen LogP contribution >= 0.6 is 13.5 Å². The summed E-state index contributed by atoms with van der Waals surface area (Å²) in [5.74, 6) is 0. The van der Waals surface area contributed by atoms with Gasteiger partial charge in [-0.1, -0.05) is 108 Å². The van der Waals surface area contributed by atoms with Gasteiger partial charge in [0.15, 0.2) is 0 Å². The highest BCUT2D eigenvalue weighted by atomic mass is 32.1. The van der Waals surface area contributed by atoms with Crippen LogP contribution in [0.1, 0.15) is 89.5 Å². The first-order valence-corrected chi connectivity index (χ1v) is 8.97. The summed E-state index contributed by atoms with van der Waals surface area (Å²) < 4.78 is 0. The van der Waals surface area contributed by atoms with Crippen LogP contribution in [0.2, 0.25) is 0 Å². The Kier molecular flexibility index (Phi) is 15.6. The molecule has 0 amide bonds. The summed E-state index contributed by atoms with van der Waals surface area (Å²) in [6, 6.07) is 10.9. The van der Waals surface area contributed by atoms with Gasteiger partial charge in [0.1, 0.15) is 0 Å². The minimum Gasteiger partial charge on any atom is -0.197 e. The van der Waals surface area contributed by atoms with Gasteiger partial charge in [0.05, 0.1) is 0 Å². The fraction of sp³-hybridized carbons (Fsp3) is 0.700. The monoisotopic (exact) mass is 308 g/mol. The molecule has 0 unspecified atom stereocenters. The minimum atomic E-state index is 0. The molecule has 0 spiro atoms. The third-order valence-corrected chi connectivity index (χ3v) is 4.16. The first kappa shape index (κ1) is 20.6. The SMILES string of the molecule is CCCCCCCCCCCCCCc1ccccc1.S. The van der Waals surface area contributed by atoms with Crippen LogP contribution in [0.15, 0.2) is 30.3 Å². The van der Waals surface area contributed by atoms with Crippen molar-refractivity contribution in [1.82, 2.24) is 0 Å². The lowest BCUT2D eigenvalue weighted by Crippen LogP contribution is -1.86. The topological polar surface area (TPSA) is 0 Å². The quantitative estimate of drug-likeness (QED) is 0.343. The summed E-state index contributed by atoms with van der Waals surface area (Å²) in [6.45, 7) is 2.29. The maximum Gasteiger partial charge on any atom is -0.0279 e. The van der Waals surface area contributed by atoms with Crippen LogP contribution in [0.4, 0.5) is 0 Å². The van der Waals surface area contributed by atoms with Crippen molar-refractivity contribution in [3.63, 3.8) is 0 Å². The van der Waals surface area contributed by atoms with Crippen LogP contribution in [-0.4, -0.2) is 0 Å². The predicted molar refractivity (Wildman–Crippen MR) is 102 cm³/mol. The van der Waals surface area contributed by atoms with Crippen molar-refractivity contribution < 1.29 is 0 Å². The molecule has 122 valence electrons. The molecule has 0 bridgehead atoms. The van der Waals surface area contributed by atoms with Crippen LogP contribution < -0.4 is 0 Å². The zero-order valence-corrected chi connectivity index (χ0v) is 15.1. The fourth-order valence-electron chi connectivity index (χ4n) is 2.81. The zero-order chi connectivity index (χ0) is 14.3. The van der Waals surface area contributed by atoms with Crippen molar-refractivity contribution in [3.05, 3.63) is 35.9 Å². The van der Waals surface area contributed by atoms with Crippen molar-refractivity contribution in [3.8, 4) is 0 Å². The largest absolute Gasteiger partial charge is 0.197 e. The average Bonchev–Trinajstić information content (AvgIpc) is 2.49. The molecular formula is C20H36S. The Bertz CT molecular complexity index is 294. The van der Waals surface area contributed by atoms with E-state index in [1.807, 2.05) is 0 Å². The Morgan fingerprint density at radius 3 is 1.48 bits per heavy atom. The molecule has 0 fully saturated rings. The van der Waals surface area contributed by atoms with Crippen LogP contribution in [0.25, 0.3) is 0 Å². The van der Waals surface area contributed by atoms with E-state index < -0.39 is 0 Å². The first-order chi connectivity index (χ1) is 9.93. The lowest BCUT2D eigenvalue weighted by Gasteiger charge is -2.03. The van der Waals surface area contributed by atoms with E-state index in [0.29, 0.717) is 0 Å². The molecule has 0 aliphatic heterocycles. The number of hydrogen-bond acceptors (Lipinski definition) is 0. The molecule has 0 N–H and O–H groups in total. The van der Waals surface area contributed by atoms with Gasteiger partial charge in [-0.05, 0) is 18.4 Å². The Hall–Kier alpha value is -0.430.